The molecule has 1 aliphatic carbocycles. The number of rotatable bonds is 4. The lowest BCUT2D eigenvalue weighted by atomic mass is 9.63. The van der Waals surface area contributed by atoms with E-state index in [2.05, 4.69) is 44.3 Å². The molecule has 0 bridgehead atoms. The second kappa shape index (κ2) is 5.28. The normalized spacial score (nSPS) is 22.6. The van der Waals surface area contributed by atoms with Crippen LogP contribution in [0.25, 0.3) is 0 Å². The third-order valence-corrected chi connectivity index (χ3v) is 4.16. The van der Waals surface area contributed by atoms with Crippen LogP contribution in [0.2, 0.25) is 0 Å². The van der Waals surface area contributed by atoms with Crippen molar-refractivity contribution < 1.29 is 0 Å². The zero-order chi connectivity index (χ0) is 14.1. The van der Waals surface area contributed by atoms with Gasteiger partial charge in [0, 0.05) is 19.3 Å². The number of aromatic nitrogens is 2. The van der Waals surface area contributed by atoms with Crippen LogP contribution in [0.3, 0.4) is 0 Å². The lowest BCUT2D eigenvalue weighted by molar-refractivity contribution is 0.0854. The van der Waals surface area contributed by atoms with E-state index in [-0.39, 0.29) is 0 Å². The van der Waals surface area contributed by atoms with E-state index < -0.39 is 0 Å². The Labute approximate surface area is 117 Å². The van der Waals surface area contributed by atoms with Gasteiger partial charge in [-0.25, -0.2) is 0 Å². The molecule has 1 aliphatic rings. The number of aryl methyl sites for hydroxylation is 1. The zero-order valence-electron chi connectivity index (χ0n) is 13.2. The zero-order valence-corrected chi connectivity index (χ0v) is 13.2. The van der Waals surface area contributed by atoms with Crippen LogP contribution >= 0.6 is 0 Å². The van der Waals surface area contributed by atoms with E-state index in [4.69, 9.17) is 0 Å². The van der Waals surface area contributed by atoms with Gasteiger partial charge in [0.15, 0.2) is 0 Å². The fourth-order valence-corrected chi connectivity index (χ4v) is 4.01. The minimum atomic E-state index is 0.466. The van der Waals surface area contributed by atoms with E-state index in [9.17, 15) is 0 Å². The average molecular weight is 263 g/mol. The summed E-state index contributed by atoms with van der Waals surface area (Å²) >= 11 is 0. The largest absolute Gasteiger partial charge is 0.314 e. The number of hydrogen-bond acceptors (Lipinski definition) is 2. The van der Waals surface area contributed by atoms with Gasteiger partial charge in [0.05, 0.1) is 6.20 Å². The highest BCUT2D eigenvalue weighted by Crippen LogP contribution is 2.45. The van der Waals surface area contributed by atoms with E-state index >= 15 is 0 Å². The highest BCUT2D eigenvalue weighted by Gasteiger charge is 2.37. The first-order valence-corrected chi connectivity index (χ1v) is 7.47. The topological polar surface area (TPSA) is 29.9 Å². The predicted molar refractivity (Wildman–Crippen MR) is 80.1 cm³/mol. The third-order valence-electron chi connectivity index (χ3n) is 4.16. The molecule has 0 radical (unpaired) electrons. The van der Waals surface area contributed by atoms with Crippen molar-refractivity contribution in [2.75, 3.05) is 6.54 Å². The highest BCUT2D eigenvalue weighted by molar-refractivity contribution is 5.04. The molecule has 3 nitrogen and oxygen atoms in total. The summed E-state index contributed by atoms with van der Waals surface area (Å²) in [5.74, 6) is 0. The first-order valence-electron chi connectivity index (χ1n) is 7.47. The Hall–Kier alpha value is -0.830. The number of nitrogens with zero attached hydrogens (tertiary/aromatic N) is 2. The molecular formula is C16H29N3. The Morgan fingerprint density at radius 1 is 1.26 bits per heavy atom. The molecule has 0 unspecified atom stereocenters. The molecule has 3 heteroatoms. The van der Waals surface area contributed by atoms with Gasteiger partial charge in [0.25, 0.3) is 0 Å². The standard InChI is InChI=1S/C16H29N3/c1-15(2)8-14(9-16(3,4)12-15)17-7-6-13-10-18-19(5)11-13/h10-11,14,17H,6-9,12H2,1-5H3. The van der Waals surface area contributed by atoms with Crippen LogP contribution in [0.5, 0.6) is 0 Å². The molecule has 1 saturated carbocycles. The second-order valence-electron chi connectivity index (χ2n) is 7.84. The quantitative estimate of drug-likeness (QED) is 0.904. The van der Waals surface area contributed by atoms with Gasteiger partial charge in [-0.2, -0.15) is 5.10 Å². The van der Waals surface area contributed by atoms with E-state index in [0.29, 0.717) is 16.9 Å². The van der Waals surface area contributed by atoms with Crippen molar-refractivity contribution in [1.29, 1.82) is 0 Å². The molecule has 2 rings (SSSR count). The molecule has 1 N–H and O–H groups in total. The Morgan fingerprint density at radius 2 is 1.89 bits per heavy atom. The molecule has 0 saturated heterocycles. The summed E-state index contributed by atoms with van der Waals surface area (Å²) in [6, 6.07) is 0.662. The number of hydrogen-bond donors (Lipinski definition) is 1. The molecule has 0 atom stereocenters. The molecule has 1 aromatic heterocycles. The molecule has 0 aliphatic heterocycles. The SMILES string of the molecule is Cn1cc(CCNC2CC(C)(C)CC(C)(C)C2)cn1. The van der Waals surface area contributed by atoms with Gasteiger partial charge in [-0.3, -0.25) is 4.68 Å². The van der Waals surface area contributed by atoms with Crippen molar-refractivity contribution in [2.45, 2.75) is 59.4 Å². The minimum Gasteiger partial charge on any atom is -0.314 e. The fourth-order valence-electron chi connectivity index (χ4n) is 4.01. The summed E-state index contributed by atoms with van der Waals surface area (Å²) in [4.78, 5) is 0. The van der Waals surface area contributed by atoms with Crippen LogP contribution in [0.15, 0.2) is 12.4 Å². The van der Waals surface area contributed by atoms with Crippen molar-refractivity contribution in [3.63, 3.8) is 0 Å². The van der Waals surface area contributed by atoms with E-state index in [1.165, 1.54) is 24.8 Å². The van der Waals surface area contributed by atoms with Gasteiger partial charge in [-0.05, 0) is 48.6 Å². The Bertz CT molecular complexity index is 401. The first kappa shape index (κ1) is 14.6. The van der Waals surface area contributed by atoms with Gasteiger partial charge in [-0.15, -0.1) is 0 Å². The third kappa shape index (κ3) is 4.34. The molecule has 0 aromatic carbocycles. The van der Waals surface area contributed by atoms with E-state index in [0.717, 1.165) is 13.0 Å². The Kier molecular flexibility index (Phi) is 4.05. The Balaban J connectivity index is 1.82. The van der Waals surface area contributed by atoms with Gasteiger partial charge >= 0.3 is 0 Å². The van der Waals surface area contributed by atoms with Gasteiger partial charge in [-0.1, -0.05) is 27.7 Å². The lowest BCUT2D eigenvalue weighted by Gasteiger charge is -2.45. The minimum absolute atomic E-state index is 0.466. The molecule has 108 valence electrons. The smallest absolute Gasteiger partial charge is 0.0522 e. The van der Waals surface area contributed by atoms with Crippen LogP contribution in [0, 0.1) is 10.8 Å². The monoisotopic (exact) mass is 263 g/mol. The second-order valence-corrected chi connectivity index (χ2v) is 7.84. The van der Waals surface area contributed by atoms with Crippen LogP contribution < -0.4 is 5.32 Å². The van der Waals surface area contributed by atoms with Crippen LogP contribution in [-0.4, -0.2) is 22.4 Å². The van der Waals surface area contributed by atoms with Crippen molar-refractivity contribution in [3.8, 4) is 0 Å². The van der Waals surface area contributed by atoms with Crippen molar-refractivity contribution in [1.82, 2.24) is 15.1 Å². The van der Waals surface area contributed by atoms with Gasteiger partial charge in [0.2, 0.25) is 0 Å². The molecule has 0 spiro atoms. The maximum atomic E-state index is 4.22. The maximum Gasteiger partial charge on any atom is 0.0522 e. The van der Waals surface area contributed by atoms with E-state index in [1.807, 2.05) is 17.9 Å². The van der Waals surface area contributed by atoms with Crippen molar-refractivity contribution in [2.24, 2.45) is 17.9 Å². The predicted octanol–water partition coefficient (Wildman–Crippen LogP) is 3.16. The summed E-state index contributed by atoms with van der Waals surface area (Å²) < 4.78 is 1.88. The van der Waals surface area contributed by atoms with Gasteiger partial charge in [0.1, 0.15) is 0 Å². The molecule has 1 aromatic rings. The van der Waals surface area contributed by atoms with Crippen LogP contribution in [0.4, 0.5) is 0 Å². The number of nitrogens with one attached hydrogen (secondary N) is 1. The van der Waals surface area contributed by atoms with Gasteiger partial charge < -0.3 is 5.32 Å². The molecule has 0 amide bonds. The van der Waals surface area contributed by atoms with Crippen LogP contribution in [-0.2, 0) is 13.5 Å². The fraction of sp³-hybridized carbons (Fsp3) is 0.812. The summed E-state index contributed by atoms with van der Waals surface area (Å²) in [7, 11) is 1.98. The average Bonchev–Trinajstić information content (AvgIpc) is 2.59. The summed E-state index contributed by atoms with van der Waals surface area (Å²) in [6.45, 7) is 10.7. The maximum absolute atomic E-state index is 4.22. The lowest BCUT2D eigenvalue weighted by Crippen LogP contribution is -2.44. The summed E-state index contributed by atoms with van der Waals surface area (Å²) in [5.41, 5.74) is 2.26. The molecule has 1 fully saturated rings. The molecular weight excluding hydrogens is 234 g/mol. The highest BCUT2D eigenvalue weighted by atomic mass is 15.2. The van der Waals surface area contributed by atoms with Crippen molar-refractivity contribution in [3.05, 3.63) is 18.0 Å². The van der Waals surface area contributed by atoms with Crippen LogP contribution in [0.1, 0.15) is 52.5 Å². The van der Waals surface area contributed by atoms with E-state index in [1.54, 1.807) is 0 Å². The first-order chi connectivity index (χ1) is 8.76. The summed E-state index contributed by atoms with van der Waals surface area (Å²) in [5, 5.41) is 7.97. The summed E-state index contributed by atoms with van der Waals surface area (Å²) in [6.07, 6.45) is 9.08. The van der Waals surface area contributed by atoms with Crippen molar-refractivity contribution >= 4 is 0 Å². The Morgan fingerprint density at radius 3 is 2.42 bits per heavy atom. The molecule has 1 heterocycles. The molecule has 19 heavy (non-hydrogen) atoms.